The van der Waals surface area contributed by atoms with Gasteiger partial charge in [-0.05, 0) is 53.1 Å². The summed E-state index contributed by atoms with van der Waals surface area (Å²) in [7, 11) is 3.25. The molecular weight excluding hydrogens is 448 g/mol. The summed E-state index contributed by atoms with van der Waals surface area (Å²) in [4.78, 5) is 30.0. The van der Waals surface area contributed by atoms with Crippen LogP contribution in [0.15, 0.2) is 59.5 Å². The van der Waals surface area contributed by atoms with Crippen LogP contribution >= 0.6 is 11.8 Å². The summed E-state index contributed by atoms with van der Waals surface area (Å²) in [6, 6.07) is 17.7. The molecule has 0 radical (unpaired) electrons. The number of rotatable bonds is 6. The summed E-state index contributed by atoms with van der Waals surface area (Å²) < 4.78 is 11.3. The molecule has 2 saturated heterocycles. The Balaban J connectivity index is 1.45. The third-order valence-electron chi connectivity index (χ3n) is 6.35. The van der Waals surface area contributed by atoms with Gasteiger partial charge in [-0.1, -0.05) is 42.5 Å². The number of imide groups is 1. The molecule has 0 unspecified atom stereocenters. The number of amides is 2. The third kappa shape index (κ3) is 4.12. The summed E-state index contributed by atoms with van der Waals surface area (Å²) in [6.45, 7) is 2.19. The van der Waals surface area contributed by atoms with Gasteiger partial charge in [0.1, 0.15) is 11.5 Å². The summed E-state index contributed by atoms with van der Waals surface area (Å²) in [5, 5.41) is 1.85. The number of carbonyl (C=O) groups excluding carboxylic acids is 2. The van der Waals surface area contributed by atoms with Crippen LogP contribution in [0.3, 0.4) is 0 Å². The lowest BCUT2D eigenvalue weighted by atomic mass is 10.0. The summed E-state index contributed by atoms with van der Waals surface area (Å²) in [6.07, 6.45) is 4.03. The van der Waals surface area contributed by atoms with E-state index >= 15 is 0 Å². The zero-order valence-corrected chi connectivity index (χ0v) is 20.1. The first-order chi connectivity index (χ1) is 16.6. The Labute approximate surface area is 203 Å². The number of fused-ring (bicyclic) bond motifs is 1. The van der Waals surface area contributed by atoms with Gasteiger partial charge in [-0.2, -0.15) is 0 Å². The molecule has 0 N–H and O–H groups in total. The second-order valence-electron chi connectivity index (χ2n) is 8.37. The van der Waals surface area contributed by atoms with E-state index in [0.29, 0.717) is 16.2 Å². The first-order valence-corrected chi connectivity index (χ1v) is 12.1. The topological polar surface area (TPSA) is 59.1 Å². The van der Waals surface area contributed by atoms with Gasteiger partial charge in [0.15, 0.2) is 0 Å². The summed E-state index contributed by atoms with van der Waals surface area (Å²) in [5.41, 5.74) is 2.63. The van der Waals surface area contributed by atoms with Crippen molar-refractivity contribution in [2.24, 2.45) is 0 Å². The van der Waals surface area contributed by atoms with Crippen LogP contribution in [0.2, 0.25) is 0 Å². The molecule has 2 aliphatic rings. The lowest BCUT2D eigenvalue weighted by Crippen LogP contribution is -2.27. The minimum absolute atomic E-state index is 0.234. The highest BCUT2D eigenvalue weighted by molar-refractivity contribution is 8.18. The van der Waals surface area contributed by atoms with E-state index < -0.39 is 0 Å². The fourth-order valence-corrected chi connectivity index (χ4v) is 5.43. The SMILES string of the molecule is COc1cc(N2CCCC2)c(OC)cc1/C=C1/SC(=O)N(Cc2cccc3ccccc23)C1=O. The number of ether oxygens (including phenoxy) is 2. The molecule has 7 heteroatoms. The predicted molar refractivity (Wildman–Crippen MR) is 136 cm³/mol. The van der Waals surface area contributed by atoms with Gasteiger partial charge in [0.2, 0.25) is 0 Å². The Hall–Kier alpha value is -3.45. The van der Waals surface area contributed by atoms with E-state index in [-0.39, 0.29) is 17.7 Å². The maximum absolute atomic E-state index is 13.2. The molecule has 6 nitrogen and oxygen atoms in total. The average Bonchev–Trinajstić information content (AvgIpc) is 3.49. The van der Waals surface area contributed by atoms with Crippen LogP contribution in [0.1, 0.15) is 24.0 Å². The Morgan fingerprint density at radius 2 is 1.68 bits per heavy atom. The second kappa shape index (κ2) is 9.43. The quantitative estimate of drug-likeness (QED) is 0.428. The fraction of sp³-hybridized carbons (Fsp3) is 0.259. The number of nitrogens with zero attached hydrogens (tertiary/aromatic N) is 2. The van der Waals surface area contributed by atoms with Crippen molar-refractivity contribution in [2.75, 3.05) is 32.2 Å². The normalized spacial score (nSPS) is 17.3. The number of hydrogen-bond acceptors (Lipinski definition) is 6. The van der Waals surface area contributed by atoms with Crippen LogP contribution in [0.25, 0.3) is 16.8 Å². The largest absolute Gasteiger partial charge is 0.496 e. The minimum atomic E-state index is -0.299. The molecule has 2 fully saturated rings. The lowest BCUT2D eigenvalue weighted by Gasteiger charge is -2.22. The van der Waals surface area contributed by atoms with Gasteiger partial charge in [-0.25, -0.2) is 0 Å². The average molecular weight is 475 g/mol. The van der Waals surface area contributed by atoms with E-state index in [1.54, 1.807) is 20.3 Å². The summed E-state index contributed by atoms with van der Waals surface area (Å²) in [5.74, 6) is 1.07. The highest BCUT2D eigenvalue weighted by atomic mass is 32.2. The molecule has 3 aromatic rings. The van der Waals surface area contributed by atoms with E-state index in [1.165, 1.54) is 4.90 Å². The Morgan fingerprint density at radius 1 is 0.941 bits per heavy atom. The van der Waals surface area contributed by atoms with Crippen molar-refractivity contribution in [3.63, 3.8) is 0 Å². The Kier molecular flexibility index (Phi) is 6.20. The van der Waals surface area contributed by atoms with Crippen LogP contribution in [-0.2, 0) is 11.3 Å². The monoisotopic (exact) mass is 474 g/mol. The van der Waals surface area contributed by atoms with E-state index in [1.807, 2.05) is 54.6 Å². The minimum Gasteiger partial charge on any atom is -0.496 e. The van der Waals surface area contributed by atoms with Gasteiger partial charge in [-0.15, -0.1) is 0 Å². The van der Waals surface area contributed by atoms with Crippen LogP contribution in [0.4, 0.5) is 10.5 Å². The molecule has 2 heterocycles. The predicted octanol–water partition coefficient (Wildman–Crippen LogP) is 5.69. The molecule has 2 amide bonds. The molecule has 2 aliphatic heterocycles. The second-order valence-corrected chi connectivity index (χ2v) is 9.36. The van der Waals surface area contributed by atoms with E-state index in [0.717, 1.165) is 65.5 Å². The van der Waals surface area contributed by atoms with Crippen molar-refractivity contribution >= 4 is 45.4 Å². The van der Waals surface area contributed by atoms with Crippen molar-refractivity contribution in [2.45, 2.75) is 19.4 Å². The molecule has 0 aliphatic carbocycles. The first kappa shape index (κ1) is 22.3. The molecule has 34 heavy (non-hydrogen) atoms. The molecule has 5 rings (SSSR count). The maximum atomic E-state index is 13.2. The number of carbonyl (C=O) groups is 2. The highest BCUT2D eigenvalue weighted by Gasteiger charge is 2.35. The summed E-state index contributed by atoms with van der Waals surface area (Å²) >= 11 is 0.955. The van der Waals surface area contributed by atoms with Crippen LogP contribution < -0.4 is 14.4 Å². The van der Waals surface area contributed by atoms with Crippen molar-refractivity contribution in [1.82, 2.24) is 4.90 Å². The van der Waals surface area contributed by atoms with Crippen molar-refractivity contribution in [1.29, 1.82) is 0 Å². The Morgan fingerprint density at radius 3 is 2.44 bits per heavy atom. The molecule has 0 saturated carbocycles. The zero-order chi connectivity index (χ0) is 23.7. The molecule has 174 valence electrons. The first-order valence-electron chi connectivity index (χ1n) is 11.3. The molecule has 0 spiro atoms. The van der Waals surface area contributed by atoms with Gasteiger partial charge in [0.25, 0.3) is 11.1 Å². The standard InChI is InChI=1S/C27H26N2O4S/c1-32-23-16-22(28-12-5-6-13-28)24(33-2)14-20(23)15-25-26(30)29(27(31)34-25)17-19-10-7-9-18-8-3-4-11-21(18)19/h3-4,7-11,14-16H,5-6,12-13,17H2,1-2H3/b25-15+. The number of anilines is 1. The molecule has 0 aromatic heterocycles. The van der Waals surface area contributed by atoms with E-state index in [2.05, 4.69) is 4.90 Å². The third-order valence-corrected chi connectivity index (χ3v) is 7.25. The van der Waals surface area contributed by atoms with E-state index in [4.69, 9.17) is 9.47 Å². The smallest absolute Gasteiger partial charge is 0.293 e. The zero-order valence-electron chi connectivity index (χ0n) is 19.2. The van der Waals surface area contributed by atoms with Crippen LogP contribution in [0.5, 0.6) is 11.5 Å². The number of methoxy groups -OCH3 is 2. The number of hydrogen-bond donors (Lipinski definition) is 0. The van der Waals surface area contributed by atoms with Gasteiger partial charge in [0, 0.05) is 24.7 Å². The van der Waals surface area contributed by atoms with Crippen LogP contribution in [-0.4, -0.2) is 43.4 Å². The van der Waals surface area contributed by atoms with Crippen molar-refractivity contribution < 1.29 is 19.1 Å². The molecule has 0 bridgehead atoms. The number of benzene rings is 3. The van der Waals surface area contributed by atoms with Gasteiger partial charge >= 0.3 is 0 Å². The van der Waals surface area contributed by atoms with Crippen molar-refractivity contribution in [3.05, 3.63) is 70.6 Å². The van der Waals surface area contributed by atoms with Gasteiger partial charge in [-0.3, -0.25) is 14.5 Å². The highest BCUT2D eigenvalue weighted by Crippen LogP contribution is 2.40. The molecule has 3 aromatic carbocycles. The number of thioether (sulfide) groups is 1. The lowest BCUT2D eigenvalue weighted by molar-refractivity contribution is -0.123. The van der Waals surface area contributed by atoms with Gasteiger partial charge < -0.3 is 14.4 Å². The van der Waals surface area contributed by atoms with E-state index in [9.17, 15) is 9.59 Å². The maximum Gasteiger partial charge on any atom is 0.293 e. The van der Waals surface area contributed by atoms with Gasteiger partial charge in [0.05, 0.1) is 31.4 Å². The molecular formula is C27H26N2O4S. The van der Waals surface area contributed by atoms with Crippen molar-refractivity contribution in [3.8, 4) is 11.5 Å². The van der Waals surface area contributed by atoms with Crippen LogP contribution in [0, 0.1) is 0 Å². The Bertz CT molecular complexity index is 1290. The molecule has 0 atom stereocenters. The fourth-order valence-electron chi connectivity index (χ4n) is 4.60.